The van der Waals surface area contributed by atoms with Gasteiger partial charge in [0.1, 0.15) is 0 Å². The van der Waals surface area contributed by atoms with E-state index >= 15 is 0 Å². The lowest BCUT2D eigenvalue weighted by molar-refractivity contribution is -0.135. The molecule has 2 rings (SSSR count). The largest absolute Gasteiger partial charge is 0.502 e. The van der Waals surface area contributed by atoms with Crippen LogP contribution in [0.1, 0.15) is 10.4 Å². The molecule has 0 radical (unpaired) electrons. The molecule has 0 aliphatic rings. The smallest absolute Gasteiger partial charge is 0.370 e. The predicted molar refractivity (Wildman–Crippen MR) is 96.2 cm³/mol. The second-order valence-corrected chi connectivity index (χ2v) is 5.71. The molecule has 0 saturated carbocycles. The van der Waals surface area contributed by atoms with Crippen molar-refractivity contribution < 1.29 is 19.8 Å². The van der Waals surface area contributed by atoms with Crippen molar-refractivity contribution in [3.05, 3.63) is 83.0 Å². The highest BCUT2D eigenvalue weighted by molar-refractivity contribution is 8.03. The third-order valence-electron chi connectivity index (χ3n) is 3.31. The number of aliphatic hydroxyl groups is 1. The van der Waals surface area contributed by atoms with Crippen molar-refractivity contribution in [3.8, 4) is 11.1 Å². The van der Waals surface area contributed by atoms with Crippen molar-refractivity contribution in [1.82, 2.24) is 0 Å². The average molecular weight is 340 g/mol. The number of allylic oxidation sites excluding steroid dienone is 3. The van der Waals surface area contributed by atoms with E-state index in [0.29, 0.717) is 10.5 Å². The Morgan fingerprint density at radius 2 is 1.46 bits per heavy atom. The molecule has 0 bridgehead atoms. The highest BCUT2D eigenvalue weighted by atomic mass is 32.2. The Bertz CT molecular complexity index is 790. The fourth-order valence-corrected chi connectivity index (χ4v) is 2.56. The molecule has 2 aromatic rings. The summed E-state index contributed by atoms with van der Waals surface area (Å²) in [6.45, 7) is 0. The lowest BCUT2D eigenvalue weighted by Crippen LogP contribution is -2.01. The minimum absolute atomic E-state index is 0.225. The minimum Gasteiger partial charge on any atom is -0.502 e. The molecule has 0 spiro atoms. The number of carboxylic acid groups (broad SMARTS) is 1. The number of rotatable bonds is 6. The normalized spacial score (nSPS) is 12.0. The standard InChI is InChI=1S/C19H16O4S/c1-24-17(12-11-16(20)19(22)23)18(21)15-9-7-14(8-10-15)13-5-3-2-4-6-13/h2-12,20H,1H3,(H,22,23). The van der Waals surface area contributed by atoms with Crippen molar-refractivity contribution >= 4 is 23.5 Å². The summed E-state index contributed by atoms with van der Waals surface area (Å²) in [5.74, 6) is -2.48. The Labute approximate surface area is 144 Å². The number of ketones is 1. The van der Waals surface area contributed by atoms with Gasteiger partial charge in [-0.1, -0.05) is 54.6 Å². The monoisotopic (exact) mass is 340 g/mol. The zero-order valence-electron chi connectivity index (χ0n) is 13.0. The van der Waals surface area contributed by atoms with Crippen molar-refractivity contribution in [3.63, 3.8) is 0 Å². The maximum atomic E-state index is 12.5. The fraction of sp³-hybridized carbons (Fsp3) is 0.0526. The van der Waals surface area contributed by atoms with Crippen LogP contribution in [0.25, 0.3) is 11.1 Å². The maximum absolute atomic E-state index is 12.5. The van der Waals surface area contributed by atoms with E-state index in [1.807, 2.05) is 42.5 Å². The van der Waals surface area contributed by atoms with E-state index < -0.39 is 11.7 Å². The topological polar surface area (TPSA) is 74.6 Å². The molecule has 0 aromatic heterocycles. The quantitative estimate of drug-likeness (QED) is 0.355. The molecule has 0 aliphatic heterocycles. The summed E-state index contributed by atoms with van der Waals surface area (Å²) in [6, 6.07) is 17.0. The van der Waals surface area contributed by atoms with Crippen molar-refractivity contribution in [2.24, 2.45) is 0 Å². The van der Waals surface area contributed by atoms with Gasteiger partial charge in [0, 0.05) is 5.56 Å². The molecule has 0 atom stereocenters. The summed E-state index contributed by atoms with van der Waals surface area (Å²) in [7, 11) is 0. The number of carbonyl (C=O) groups is 2. The highest BCUT2D eigenvalue weighted by Gasteiger charge is 2.12. The summed E-state index contributed by atoms with van der Waals surface area (Å²) >= 11 is 1.19. The molecule has 122 valence electrons. The van der Waals surface area contributed by atoms with Crippen LogP contribution in [0.15, 0.2) is 77.4 Å². The first-order chi connectivity index (χ1) is 11.5. The molecule has 0 aliphatic carbocycles. The first kappa shape index (κ1) is 17.6. The molecule has 0 heterocycles. The van der Waals surface area contributed by atoms with Crippen LogP contribution in [0.2, 0.25) is 0 Å². The van der Waals surface area contributed by atoms with Crippen LogP contribution in [0, 0.1) is 0 Å². The molecule has 24 heavy (non-hydrogen) atoms. The lowest BCUT2D eigenvalue weighted by Gasteiger charge is -2.05. The summed E-state index contributed by atoms with van der Waals surface area (Å²) in [5, 5.41) is 17.8. The van der Waals surface area contributed by atoms with Gasteiger partial charge < -0.3 is 10.2 Å². The van der Waals surface area contributed by atoms with Gasteiger partial charge in [0.2, 0.25) is 5.76 Å². The van der Waals surface area contributed by atoms with Crippen molar-refractivity contribution in [2.45, 2.75) is 0 Å². The van der Waals surface area contributed by atoms with E-state index in [1.165, 1.54) is 17.8 Å². The van der Waals surface area contributed by atoms with Gasteiger partial charge in [0.25, 0.3) is 0 Å². The third-order valence-corrected chi connectivity index (χ3v) is 4.07. The molecule has 0 fully saturated rings. The lowest BCUT2D eigenvalue weighted by atomic mass is 10.0. The Kier molecular flexibility index (Phi) is 5.98. The van der Waals surface area contributed by atoms with Crippen LogP contribution in [0.5, 0.6) is 0 Å². The summed E-state index contributed by atoms with van der Waals surface area (Å²) in [5.41, 5.74) is 2.56. The molecular formula is C19H16O4S. The number of carboxylic acids is 1. The van der Waals surface area contributed by atoms with Gasteiger partial charge in [0.15, 0.2) is 5.78 Å². The SMILES string of the molecule is CSC(=CC=C(O)C(=O)O)C(=O)c1ccc(-c2ccccc2)cc1. The van der Waals surface area contributed by atoms with E-state index in [2.05, 4.69) is 0 Å². The first-order valence-corrected chi connectivity index (χ1v) is 8.34. The maximum Gasteiger partial charge on any atom is 0.370 e. The van der Waals surface area contributed by atoms with Gasteiger partial charge in [-0.3, -0.25) is 4.79 Å². The van der Waals surface area contributed by atoms with Gasteiger partial charge in [-0.05, 0) is 29.5 Å². The number of aliphatic hydroxyl groups excluding tert-OH is 1. The fourth-order valence-electron chi connectivity index (χ4n) is 2.05. The number of thioether (sulfide) groups is 1. The van der Waals surface area contributed by atoms with Crippen LogP contribution in [0.4, 0.5) is 0 Å². The first-order valence-electron chi connectivity index (χ1n) is 7.11. The van der Waals surface area contributed by atoms with E-state index in [9.17, 15) is 14.7 Å². The minimum atomic E-state index is -1.44. The second-order valence-electron chi connectivity index (χ2n) is 4.86. The molecule has 5 heteroatoms. The summed E-state index contributed by atoms with van der Waals surface area (Å²) in [4.78, 5) is 23.4. The van der Waals surface area contributed by atoms with Crippen molar-refractivity contribution in [2.75, 3.05) is 6.26 Å². The molecule has 0 saturated heterocycles. The third kappa shape index (κ3) is 4.36. The van der Waals surface area contributed by atoms with Gasteiger partial charge >= 0.3 is 5.97 Å². The molecule has 2 aromatic carbocycles. The van der Waals surface area contributed by atoms with Crippen LogP contribution in [-0.4, -0.2) is 28.2 Å². The van der Waals surface area contributed by atoms with Crippen LogP contribution >= 0.6 is 11.8 Å². The van der Waals surface area contributed by atoms with E-state index in [0.717, 1.165) is 17.2 Å². The molecule has 2 N–H and O–H groups in total. The molecule has 0 unspecified atom stereocenters. The number of aliphatic carboxylic acids is 1. The van der Waals surface area contributed by atoms with Crippen molar-refractivity contribution in [1.29, 1.82) is 0 Å². The Morgan fingerprint density at radius 3 is 2.00 bits per heavy atom. The Morgan fingerprint density at radius 1 is 0.875 bits per heavy atom. The number of benzene rings is 2. The Hall–Kier alpha value is -2.79. The van der Waals surface area contributed by atoms with Crippen LogP contribution in [0.3, 0.4) is 0 Å². The van der Waals surface area contributed by atoms with Gasteiger partial charge in [-0.25, -0.2) is 4.79 Å². The number of hydrogen-bond acceptors (Lipinski definition) is 4. The van der Waals surface area contributed by atoms with Gasteiger partial charge in [-0.15, -0.1) is 11.8 Å². The predicted octanol–water partition coefficient (Wildman–Crippen LogP) is 4.31. The average Bonchev–Trinajstić information content (AvgIpc) is 2.62. The van der Waals surface area contributed by atoms with Gasteiger partial charge in [0.05, 0.1) is 4.91 Å². The second kappa shape index (κ2) is 8.17. The zero-order chi connectivity index (χ0) is 17.5. The molecule has 0 amide bonds. The highest BCUT2D eigenvalue weighted by Crippen LogP contribution is 2.23. The summed E-state index contributed by atoms with van der Waals surface area (Å²) < 4.78 is 0. The Balaban J connectivity index is 2.24. The van der Waals surface area contributed by atoms with E-state index in [1.54, 1.807) is 18.4 Å². The molecule has 4 nitrogen and oxygen atoms in total. The van der Waals surface area contributed by atoms with Crippen LogP contribution < -0.4 is 0 Å². The van der Waals surface area contributed by atoms with E-state index in [4.69, 9.17) is 5.11 Å². The van der Waals surface area contributed by atoms with Gasteiger partial charge in [-0.2, -0.15) is 0 Å². The number of carbonyl (C=O) groups excluding carboxylic acids is 1. The summed E-state index contributed by atoms with van der Waals surface area (Å²) in [6.07, 6.45) is 4.03. The molecular weight excluding hydrogens is 324 g/mol. The number of hydrogen-bond donors (Lipinski definition) is 2. The van der Waals surface area contributed by atoms with E-state index in [-0.39, 0.29) is 5.78 Å². The van der Waals surface area contributed by atoms with Crippen LogP contribution in [-0.2, 0) is 4.79 Å². The number of Topliss-reactive ketones (excluding diaryl/α,β-unsaturated/α-hetero) is 1. The zero-order valence-corrected chi connectivity index (χ0v) is 13.8.